The zero-order chi connectivity index (χ0) is 22.9. The fraction of sp³-hybridized carbons (Fsp3) is 0.238. The maximum Gasteiger partial charge on any atom is 0.416 e. The van der Waals surface area contributed by atoms with E-state index in [0.29, 0.717) is 13.1 Å². The molecule has 7 nitrogen and oxygen atoms in total. The predicted octanol–water partition coefficient (Wildman–Crippen LogP) is 3.93. The summed E-state index contributed by atoms with van der Waals surface area (Å²) in [5.41, 5.74) is -0.804. The summed E-state index contributed by atoms with van der Waals surface area (Å²) in [6, 6.07) is 9.97. The molecule has 0 aliphatic carbocycles. The monoisotopic (exact) mass is 464 g/mol. The molecule has 32 heavy (non-hydrogen) atoms. The molecule has 0 radical (unpaired) electrons. The molecule has 1 aromatic heterocycles. The highest BCUT2D eigenvalue weighted by Gasteiger charge is 2.32. The maximum absolute atomic E-state index is 13.2. The Bertz CT molecular complexity index is 1240. The molecule has 4 rings (SSSR count). The molecule has 3 aromatic rings. The number of aromatic nitrogens is 2. The number of hydrogen-bond donors (Lipinski definition) is 1. The Balaban J connectivity index is 1.67. The fourth-order valence-electron chi connectivity index (χ4n) is 3.49. The van der Waals surface area contributed by atoms with Crippen LogP contribution < -0.4 is 5.32 Å². The molecule has 0 bridgehead atoms. The van der Waals surface area contributed by atoms with E-state index in [0.717, 1.165) is 25.0 Å². The van der Waals surface area contributed by atoms with Gasteiger partial charge in [0.15, 0.2) is 0 Å². The molecule has 1 N–H and O–H groups in total. The summed E-state index contributed by atoms with van der Waals surface area (Å²) in [4.78, 5) is 12.8. The third-order valence-electron chi connectivity index (χ3n) is 5.12. The van der Waals surface area contributed by atoms with Crippen molar-refractivity contribution in [2.24, 2.45) is 0 Å². The summed E-state index contributed by atoms with van der Waals surface area (Å²) in [6.07, 6.45) is -0.0837. The van der Waals surface area contributed by atoms with Gasteiger partial charge >= 0.3 is 6.18 Å². The van der Waals surface area contributed by atoms with Gasteiger partial charge in [0, 0.05) is 31.0 Å². The summed E-state index contributed by atoms with van der Waals surface area (Å²) in [7, 11) is -3.75. The average molecular weight is 464 g/mol. The number of amides is 1. The second kappa shape index (κ2) is 8.40. The fourth-order valence-corrected chi connectivity index (χ4v) is 5.06. The first-order valence-corrected chi connectivity index (χ1v) is 11.2. The molecule has 1 aliphatic rings. The SMILES string of the molecule is O=C(Nc1cc(C(F)(F)F)ccc1-n1cccn1)c1cccc(S(=O)(=O)N2CCCC2)c1. The van der Waals surface area contributed by atoms with Crippen molar-refractivity contribution in [1.82, 2.24) is 14.1 Å². The highest BCUT2D eigenvalue weighted by molar-refractivity contribution is 7.89. The van der Waals surface area contributed by atoms with Crippen LogP contribution >= 0.6 is 0 Å². The predicted molar refractivity (Wildman–Crippen MR) is 111 cm³/mol. The van der Waals surface area contributed by atoms with E-state index in [9.17, 15) is 26.4 Å². The third-order valence-corrected chi connectivity index (χ3v) is 7.02. The van der Waals surface area contributed by atoms with Crippen LogP contribution in [0.2, 0.25) is 0 Å². The Kier molecular flexibility index (Phi) is 5.78. The second-order valence-electron chi connectivity index (χ2n) is 7.27. The van der Waals surface area contributed by atoms with Gasteiger partial charge in [-0.05, 0) is 55.3 Å². The van der Waals surface area contributed by atoms with Crippen molar-refractivity contribution < 1.29 is 26.4 Å². The molecule has 2 heterocycles. The summed E-state index contributed by atoms with van der Waals surface area (Å²) in [5, 5.41) is 6.48. The number of hydrogen-bond acceptors (Lipinski definition) is 4. The molecule has 0 unspecified atom stereocenters. The van der Waals surface area contributed by atoms with E-state index in [1.807, 2.05) is 0 Å². The quantitative estimate of drug-likeness (QED) is 0.620. The number of carbonyl (C=O) groups is 1. The van der Waals surface area contributed by atoms with Crippen molar-refractivity contribution in [3.05, 3.63) is 72.1 Å². The molecule has 1 saturated heterocycles. The number of alkyl halides is 3. The summed E-state index contributed by atoms with van der Waals surface area (Å²) in [5.74, 6) is -0.740. The van der Waals surface area contributed by atoms with E-state index in [2.05, 4.69) is 10.4 Å². The standard InChI is InChI=1S/C21H19F3N4O3S/c22-21(23,24)16-7-8-19(28-12-4-9-25-28)18(14-16)26-20(29)15-5-3-6-17(13-15)32(30,31)27-10-1-2-11-27/h3-9,12-14H,1-2,10-11H2,(H,26,29). The van der Waals surface area contributed by atoms with Gasteiger partial charge in [0.25, 0.3) is 5.91 Å². The number of carbonyl (C=O) groups excluding carboxylic acids is 1. The molecule has 0 spiro atoms. The Morgan fingerprint density at radius 3 is 2.44 bits per heavy atom. The molecular formula is C21H19F3N4O3S. The molecule has 0 saturated carbocycles. The van der Waals surface area contributed by atoms with Gasteiger partial charge in [-0.3, -0.25) is 4.79 Å². The van der Waals surface area contributed by atoms with Gasteiger partial charge in [0.2, 0.25) is 10.0 Å². The largest absolute Gasteiger partial charge is 0.416 e. The van der Waals surface area contributed by atoms with Gasteiger partial charge in [0.05, 0.1) is 21.8 Å². The third kappa shape index (κ3) is 4.39. The lowest BCUT2D eigenvalue weighted by Crippen LogP contribution is -2.28. The highest BCUT2D eigenvalue weighted by Crippen LogP contribution is 2.33. The van der Waals surface area contributed by atoms with Crippen molar-refractivity contribution in [3.63, 3.8) is 0 Å². The molecule has 168 valence electrons. The molecule has 11 heteroatoms. The lowest BCUT2D eigenvalue weighted by Gasteiger charge is -2.17. The van der Waals surface area contributed by atoms with Gasteiger partial charge in [-0.2, -0.15) is 22.6 Å². The number of sulfonamides is 1. The van der Waals surface area contributed by atoms with Crippen molar-refractivity contribution in [2.45, 2.75) is 23.9 Å². The maximum atomic E-state index is 13.2. The Morgan fingerprint density at radius 1 is 1.03 bits per heavy atom. The van der Waals surface area contributed by atoms with Crippen LogP contribution in [0.25, 0.3) is 5.69 Å². The van der Waals surface area contributed by atoms with Crippen LogP contribution in [0.1, 0.15) is 28.8 Å². The minimum atomic E-state index is -4.61. The van der Waals surface area contributed by atoms with Crippen LogP contribution in [0.4, 0.5) is 18.9 Å². The Hall–Kier alpha value is -3.18. The van der Waals surface area contributed by atoms with E-state index >= 15 is 0 Å². The molecule has 1 aliphatic heterocycles. The van der Waals surface area contributed by atoms with Gasteiger partial charge in [-0.15, -0.1) is 0 Å². The Morgan fingerprint density at radius 2 is 1.78 bits per heavy atom. The van der Waals surface area contributed by atoms with E-state index in [1.165, 1.54) is 51.7 Å². The van der Waals surface area contributed by atoms with Crippen LogP contribution in [-0.4, -0.2) is 41.5 Å². The molecular weight excluding hydrogens is 445 g/mol. The van der Waals surface area contributed by atoms with E-state index in [4.69, 9.17) is 0 Å². The first kappa shape index (κ1) is 22.0. The van der Waals surface area contributed by atoms with Crippen molar-refractivity contribution >= 4 is 21.6 Å². The summed E-state index contributed by atoms with van der Waals surface area (Å²) < 4.78 is 67.9. The number of nitrogens with one attached hydrogen (secondary N) is 1. The minimum Gasteiger partial charge on any atom is -0.320 e. The summed E-state index contributed by atoms with van der Waals surface area (Å²) in [6.45, 7) is 0.826. The first-order valence-electron chi connectivity index (χ1n) is 9.79. The first-order chi connectivity index (χ1) is 15.2. The number of rotatable bonds is 5. The molecule has 2 aromatic carbocycles. The van der Waals surface area contributed by atoms with Gasteiger partial charge in [-0.1, -0.05) is 6.07 Å². The van der Waals surface area contributed by atoms with Crippen LogP contribution in [0.15, 0.2) is 65.8 Å². The molecule has 1 fully saturated rings. The second-order valence-corrected chi connectivity index (χ2v) is 9.21. The molecule has 1 amide bonds. The zero-order valence-corrected chi connectivity index (χ0v) is 17.5. The van der Waals surface area contributed by atoms with Gasteiger partial charge in [-0.25, -0.2) is 13.1 Å². The smallest absolute Gasteiger partial charge is 0.320 e. The van der Waals surface area contributed by atoms with Gasteiger partial charge in [0.1, 0.15) is 0 Å². The average Bonchev–Trinajstić information content (AvgIpc) is 3.48. The normalized spacial score (nSPS) is 15.1. The van der Waals surface area contributed by atoms with Crippen LogP contribution in [0.3, 0.4) is 0 Å². The number of anilines is 1. The number of nitrogens with zero attached hydrogens (tertiary/aromatic N) is 3. The lowest BCUT2D eigenvalue weighted by atomic mass is 10.1. The molecule has 0 atom stereocenters. The van der Waals surface area contributed by atoms with E-state index < -0.39 is 27.7 Å². The number of halogens is 3. The van der Waals surface area contributed by atoms with Crippen molar-refractivity contribution in [1.29, 1.82) is 0 Å². The Labute approximate surface area is 182 Å². The van der Waals surface area contributed by atoms with Gasteiger partial charge < -0.3 is 5.32 Å². The topological polar surface area (TPSA) is 84.3 Å². The lowest BCUT2D eigenvalue weighted by molar-refractivity contribution is -0.137. The van der Waals surface area contributed by atoms with E-state index in [-0.39, 0.29) is 21.8 Å². The van der Waals surface area contributed by atoms with Crippen LogP contribution in [-0.2, 0) is 16.2 Å². The van der Waals surface area contributed by atoms with Crippen LogP contribution in [0, 0.1) is 0 Å². The zero-order valence-electron chi connectivity index (χ0n) is 16.7. The highest BCUT2D eigenvalue weighted by atomic mass is 32.2. The number of benzene rings is 2. The van der Waals surface area contributed by atoms with Crippen molar-refractivity contribution in [2.75, 3.05) is 18.4 Å². The minimum absolute atomic E-state index is 0.00842. The summed E-state index contributed by atoms with van der Waals surface area (Å²) >= 11 is 0. The van der Waals surface area contributed by atoms with Crippen LogP contribution in [0.5, 0.6) is 0 Å². The van der Waals surface area contributed by atoms with Crippen molar-refractivity contribution in [3.8, 4) is 5.69 Å². The van der Waals surface area contributed by atoms with E-state index in [1.54, 1.807) is 6.07 Å².